The molecule has 0 bridgehead atoms. The summed E-state index contributed by atoms with van der Waals surface area (Å²) in [4.78, 5) is 23.9. The van der Waals surface area contributed by atoms with Crippen molar-refractivity contribution in [3.8, 4) is 0 Å². The molecule has 0 saturated carbocycles. The number of unbranched alkanes of at least 4 members (excludes halogenated alkanes) is 2. The van der Waals surface area contributed by atoms with E-state index < -0.39 is 0 Å². The molecule has 166 valence electrons. The molecule has 0 N–H and O–H groups in total. The first-order chi connectivity index (χ1) is 13.5. The fraction of sp³-hybridized carbons (Fsp3) is 0.909. The lowest BCUT2D eigenvalue weighted by Crippen LogP contribution is -2.17. The number of esters is 2. The summed E-state index contributed by atoms with van der Waals surface area (Å²) in [5.74, 6) is 1.30. The molecule has 6 heteroatoms. The van der Waals surface area contributed by atoms with E-state index in [1.165, 1.54) is 49.2 Å². The highest BCUT2D eigenvalue weighted by Gasteiger charge is 2.15. The average Bonchev–Trinajstić information content (AvgIpc) is 2.70. The maximum absolute atomic E-state index is 11.9. The van der Waals surface area contributed by atoms with Crippen LogP contribution in [-0.2, 0) is 19.1 Å². The van der Waals surface area contributed by atoms with Crippen molar-refractivity contribution in [2.75, 3.05) is 24.7 Å². The largest absolute Gasteiger partial charge is 0.465 e. The lowest BCUT2D eigenvalue weighted by Gasteiger charge is -2.16. The van der Waals surface area contributed by atoms with Crippen molar-refractivity contribution in [1.82, 2.24) is 0 Å². The number of carbonyl (C=O) groups excluding carboxylic acids is 2. The highest BCUT2D eigenvalue weighted by molar-refractivity contribution is 8.17. The van der Waals surface area contributed by atoms with Crippen LogP contribution in [0.3, 0.4) is 0 Å². The van der Waals surface area contributed by atoms with Gasteiger partial charge >= 0.3 is 11.9 Å². The third-order valence-electron chi connectivity index (χ3n) is 4.92. The third-order valence-corrected chi connectivity index (χ3v) is 7.48. The molecule has 0 radical (unpaired) electrons. The van der Waals surface area contributed by atoms with Gasteiger partial charge in [-0.1, -0.05) is 66.2 Å². The molecule has 0 aliphatic carbocycles. The van der Waals surface area contributed by atoms with Crippen LogP contribution in [0.1, 0.15) is 86.0 Å². The highest BCUT2D eigenvalue weighted by Crippen LogP contribution is 2.24. The number of rotatable bonds is 18. The lowest BCUT2D eigenvalue weighted by atomic mass is 10.0. The summed E-state index contributed by atoms with van der Waals surface area (Å²) < 4.78 is 11.0. The van der Waals surface area contributed by atoms with Gasteiger partial charge in [0, 0.05) is 4.58 Å². The molecule has 2 unspecified atom stereocenters. The quantitative estimate of drug-likeness (QED) is 0.186. The van der Waals surface area contributed by atoms with Crippen LogP contribution < -0.4 is 0 Å². The minimum atomic E-state index is -0.156. The minimum absolute atomic E-state index is 0.156. The van der Waals surface area contributed by atoms with Crippen LogP contribution >= 0.6 is 23.5 Å². The van der Waals surface area contributed by atoms with Gasteiger partial charge in [-0.25, -0.2) is 0 Å². The minimum Gasteiger partial charge on any atom is -0.465 e. The van der Waals surface area contributed by atoms with E-state index in [1.54, 1.807) is 0 Å². The molecule has 0 aromatic heterocycles. The van der Waals surface area contributed by atoms with Crippen LogP contribution in [0.2, 0.25) is 0 Å². The fourth-order valence-electron chi connectivity index (χ4n) is 2.72. The van der Waals surface area contributed by atoms with E-state index in [1.807, 2.05) is 6.92 Å². The Hall–Kier alpha value is -0.360. The second kappa shape index (κ2) is 18.7. The number of thioether (sulfide) groups is 2. The van der Waals surface area contributed by atoms with Gasteiger partial charge in [0.15, 0.2) is 0 Å². The van der Waals surface area contributed by atoms with Crippen LogP contribution in [0.15, 0.2) is 0 Å². The van der Waals surface area contributed by atoms with Crippen LogP contribution in [0.5, 0.6) is 0 Å². The summed E-state index contributed by atoms with van der Waals surface area (Å²) in [5, 5.41) is 0. The molecule has 0 fully saturated rings. The second-order valence-electron chi connectivity index (χ2n) is 7.39. The predicted molar refractivity (Wildman–Crippen MR) is 123 cm³/mol. The molecule has 0 aromatic carbocycles. The molecule has 28 heavy (non-hydrogen) atoms. The van der Waals surface area contributed by atoms with Gasteiger partial charge in [0.05, 0.1) is 24.7 Å². The molecular formula is C22H42O4S2. The van der Waals surface area contributed by atoms with Gasteiger partial charge in [-0.2, -0.15) is 0 Å². The maximum Gasteiger partial charge on any atom is 0.315 e. The molecule has 0 saturated heterocycles. The van der Waals surface area contributed by atoms with Gasteiger partial charge in [-0.3, -0.25) is 9.59 Å². The van der Waals surface area contributed by atoms with Crippen LogP contribution in [-0.4, -0.2) is 41.2 Å². The number of carbonyl (C=O) groups is 2. The van der Waals surface area contributed by atoms with Gasteiger partial charge in [0.1, 0.15) is 0 Å². The lowest BCUT2D eigenvalue weighted by molar-refractivity contribution is -0.142. The molecule has 0 spiro atoms. The number of ether oxygens (including phenoxy) is 2. The van der Waals surface area contributed by atoms with E-state index >= 15 is 0 Å². The average molecular weight is 435 g/mol. The Kier molecular flexibility index (Phi) is 18.4. The third kappa shape index (κ3) is 15.5. The zero-order valence-electron chi connectivity index (χ0n) is 18.7. The summed E-state index contributed by atoms with van der Waals surface area (Å²) in [7, 11) is 0. The van der Waals surface area contributed by atoms with E-state index in [2.05, 4.69) is 27.7 Å². The molecule has 0 aromatic rings. The highest BCUT2D eigenvalue weighted by atomic mass is 32.2. The smallest absolute Gasteiger partial charge is 0.315 e. The summed E-state index contributed by atoms with van der Waals surface area (Å²) >= 11 is 3.05. The molecule has 0 heterocycles. The van der Waals surface area contributed by atoms with Crippen molar-refractivity contribution in [3.05, 3.63) is 0 Å². The van der Waals surface area contributed by atoms with Gasteiger partial charge in [-0.15, -0.1) is 23.5 Å². The van der Waals surface area contributed by atoms with Crippen LogP contribution in [0, 0.1) is 11.8 Å². The zero-order chi connectivity index (χ0) is 21.2. The van der Waals surface area contributed by atoms with Crippen LogP contribution in [0.25, 0.3) is 0 Å². The van der Waals surface area contributed by atoms with E-state index in [0.717, 1.165) is 25.7 Å². The summed E-state index contributed by atoms with van der Waals surface area (Å²) in [6, 6.07) is 0. The first-order valence-corrected chi connectivity index (χ1v) is 13.1. The standard InChI is InChI=1S/C22H42O4S2/c1-6-10-12-19(8-3)14-25-21(23)16-27-18(5)28-17-22(24)26-15-20(9-4)13-11-7-2/h18-20H,6-17H2,1-5H3. The molecule has 0 amide bonds. The van der Waals surface area contributed by atoms with Gasteiger partial charge < -0.3 is 9.47 Å². The first kappa shape index (κ1) is 27.6. The van der Waals surface area contributed by atoms with Crippen molar-refractivity contribution in [1.29, 1.82) is 0 Å². The monoisotopic (exact) mass is 434 g/mol. The van der Waals surface area contributed by atoms with Crippen LogP contribution in [0.4, 0.5) is 0 Å². The molecule has 2 atom stereocenters. The SMILES string of the molecule is CCCCC(CC)COC(=O)CSC(C)SCC(=O)OCC(CC)CCCC. The topological polar surface area (TPSA) is 52.6 Å². The zero-order valence-corrected chi connectivity index (χ0v) is 20.3. The Labute approximate surface area is 181 Å². The fourth-order valence-corrected chi connectivity index (χ4v) is 4.42. The first-order valence-electron chi connectivity index (χ1n) is 11.0. The van der Waals surface area contributed by atoms with Gasteiger partial charge in [0.2, 0.25) is 0 Å². The molecule has 4 nitrogen and oxygen atoms in total. The van der Waals surface area contributed by atoms with Crippen molar-refractivity contribution >= 4 is 35.5 Å². The molecule has 0 aliphatic rings. The van der Waals surface area contributed by atoms with Gasteiger partial charge in [-0.05, 0) is 31.6 Å². The van der Waals surface area contributed by atoms with E-state index in [9.17, 15) is 9.59 Å². The maximum atomic E-state index is 11.9. The normalized spacial score (nSPS) is 14.3. The van der Waals surface area contributed by atoms with Gasteiger partial charge in [0.25, 0.3) is 0 Å². The van der Waals surface area contributed by atoms with Crippen molar-refractivity contribution < 1.29 is 19.1 Å². The van der Waals surface area contributed by atoms with E-state index in [-0.39, 0.29) is 16.5 Å². The Bertz CT molecular complexity index is 368. The summed E-state index contributed by atoms with van der Waals surface area (Å²) in [6.07, 6.45) is 9.07. The molecule has 0 rings (SSSR count). The Morgan fingerprint density at radius 1 is 0.750 bits per heavy atom. The van der Waals surface area contributed by atoms with Crippen molar-refractivity contribution in [3.63, 3.8) is 0 Å². The van der Waals surface area contributed by atoms with Crippen molar-refractivity contribution in [2.24, 2.45) is 11.8 Å². The second-order valence-corrected chi connectivity index (χ2v) is 10.3. The Balaban J connectivity index is 3.88. The number of hydrogen-bond acceptors (Lipinski definition) is 6. The van der Waals surface area contributed by atoms with E-state index in [4.69, 9.17) is 9.47 Å². The van der Waals surface area contributed by atoms with Crippen molar-refractivity contribution in [2.45, 2.75) is 90.6 Å². The number of hydrogen-bond donors (Lipinski definition) is 0. The predicted octanol–water partition coefficient (Wildman–Crippen LogP) is 6.32. The van der Waals surface area contributed by atoms with E-state index in [0.29, 0.717) is 36.6 Å². The Morgan fingerprint density at radius 2 is 1.14 bits per heavy atom. The molecular weight excluding hydrogens is 392 g/mol. The Morgan fingerprint density at radius 3 is 1.46 bits per heavy atom. The summed E-state index contributed by atoms with van der Waals surface area (Å²) in [6.45, 7) is 11.7. The summed E-state index contributed by atoms with van der Waals surface area (Å²) in [5.41, 5.74) is 0. The molecule has 0 aliphatic heterocycles.